The van der Waals surface area contributed by atoms with Crippen LogP contribution in [0.1, 0.15) is 35.4 Å². The van der Waals surface area contributed by atoms with Crippen LogP contribution in [-0.4, -0.2) is 34.9 Å². The average molecular weight is 410 g/mol. The van der Waals surface area contributed by atoms with Crippen molar-refractivity contribution >= 4 is 11.6 Å². The van der Waals surface area contributed by atoms with Gasteiger partial charge in [0.1, 0.15) is 11.6 Å². The van der Waals surface area contributed by atoms with Crippen molar-refractivity contribution in [3.63, 3.8) is 0 Å². The number of carbonyl (C=O) groups is 1. The predicted molar refractivity (Wildman–Crippen MR) is 110 cm³/mol. The van der Waals surface area contributed by atoms with E-state index in [1.165, 1.54) is 20.3 Å². The number of fused-ring (bicyclic) bond motifs is 1. The largest absolute Gasteiger partial charge is 0.493 e. The van der Waals surface area contributed by atoms with E-state index < -0.39 is 11.7 Å². The molecule has 0 spiro atoms. The van der Waals surface area contributed by atoms with Crippen LogP contribution in [0.25, 0.3) is 11.4 Å². The lowest BCUT2D eigenvalue weighted by atomic mass is 10.1. The number of rotatable bonds is 5. The Morgan fingerprint density at radius 3 is 2.77 bits per heavy atom. The van der Waals surface area contributed by atoms with Crippen LogP contribution in [0.3, 0.4) is 0 Å². The smallest absolute Gasteiger partial charge is 0.259 e. The molecule has 4 rings (SSSR count). The van der Waals surface area contributed by atoms with Crippen LogP contribution < -0.4 is 14.8 Å². The zero-order valence-corrected chi connectivity index (χ0v) is 16.9. The lowest BCUT2D eigenvalue weighted by Gasteiger charge is -2.13. The van der Waals surface area contributed by atoms with Gasteiger partial charge in [0.25, 0.3) is 5.91 Å². The quantitative estimate of drug-likeness (QED) is 0.686. The van der Waals surface area contributed by atoms with Crippen LogP contribution in [0.15, 0.2) is 36.4 Å². The van der Waals surface area contributed by atoms with E-state index in [0.717, 1.165) is 38.1 Å². The summed E-state index contributed by atoms with van der Waals surface area (Å²) >= 11 is 0. The fourth-order valence-electron chi connectivity index (χ4n) is 3.71. The van der Waals surface area contributed by atoms with E-state index >= 15 is 0 Å². The van der Waals surface area contributed by atoms with E-state index in [1.807, 2.05) is 0 Å². The van der Waals surface area contributed by atoms with E-state index in [2.05, 4.69) is 20.1 Å². The highest BCUT2D eigenvalue weighted by atomic mass is 19.1. The molecule has 0 bridgehead atoms. The second-order valence-electron chi connectivity index (χ2n) is 7.09. The van der Waals surface area contributed by atoms with E-state index in [-0.39, 0.29) is 17.0 Å². The van der Waals surface area contributed by atoms with Crippen LogP contribution in [0.4, 0.5) is 10.1 Å². The van der Waals surface area contributed by atoms with Gasteiger partial charge in [0.15, 0.2) is 17.3 Å². The maximum Gasteiger partial charge on any atom is 0.259 e. The first-order valence-corrected chi connectivity index (χ1v) is 9.86. The number of para-hydroxylation sites is 1. The van der Waals surface area contributed by atoms with Crippen LogP contribution in [0.5, 0.6) is 11.5 Å². The highest BCUT2D eigenvalue weighted by Gasteiger charge is 2.20. The highest BCUT2D eigenvalue weighted by Crippen LogP contribution is 2.32. The standard InChI is InChI=1S/C22H23FN4O3/c1-29-18-8-6-7-15(20(18)30-2)22(28)24-17-13-14(10-11-16(17)23)21-26-25-19-9-4-3-5-12-27(19)21/h6-8,10-11,13H,3-5,9,12H2,1-2H3,(H,24,28). The van der Waals surface area contributed by atoms with Crippen molar-refractivity contribution in [2.24, 2.45) is 0 Å². The molecule has 1 amide bonds. The maximum atomic E-state index is 14.5. The molecule has 0 atom stereocenters. The number of aromatic nitrogens is 3. The summed E-state index contributed by atoms with van der Waals surface area (Å²) in [5, 5.41) is 11.2. The Labute approximate surface area is 173 Å². The number of benzene rings is 2. The van der Waals surface area contributed by atoms with Crippen molar-refractivity contribution in [3.8, 4) is 22.9 Å². The number of amides is 1. The molecule has 7 nitrogen and oxygen atoms in total. The molecular formula is C22H23FN4O3. The summed E-state index contributed by atoms with van der Waals surface area (Å²) in [7, 11) is 2.94. The third-order valence-corrected chi connectivity index (χ3v) is 5.23. The molecule has 156 valence electrons. The predicted octanol–water partition coefficient (Wildman–Crippen LogP) is 4.08. The van der Waals surface area contributed by atoms with Crippen LogP contribution in [0, 0.1) is 5.82 Å². The van der Waals surface area contributed by atoms with Crippen molar-refractivity contribution in [3.05, 3.63) is 53.6 Å². The normalized spacial score (nSPS) is 13.3. The topological polar surface area (TPSA) is 78.3 Å². The number of anilines is 1. The summed E-state index contributed by atoms with van der Waals surface area (Å²) in [5.41, 5.74) is 1.01. The van der Waals surface area contributed by atoms with Gasteiger partial charge in [0.2, 0.25) is 0 Å². The highest BCUT2D eigenvalue weighted by molar-refractivity contribution is 6.07. The first-order valence-electron chi connectivity index (χ1n) is 9.86. The third-order valence-electron chi connectivity index (χ3n) is 5.23. The molecule has 1 N–H and O–H groups in total. The third kappa shape index (κ3) is 3.72. The van der Waals surface area contributed by atoms with E-state index in [1.54, 1.807) is 30.3 Å². The molecule has 2 heterocycles. The van der Waals surface area contributed by atoms with Crippen LogP contribution in [0.2, 0.25) is 0 Å². The second kappa shape index (κ2) is 8.52. The molecule has 1 aliphatic heterocycles. The Kier molecular flexibility index (Phi) is 5.65. The van der Waals surface area contributed by atoms with Crippen molar-refractivity contribution in [2.75, 3.05) is 19.5 Å². The molecule has 8 heteroatoms. The molecule has 0 aliphatic carbocycles. The Hall–Kier alpha value is -3.42. The van der Waals surface area contributed by atoms with Gasteiger partial charge in [0, 0.05) is 18.5 Å². The summed E-state index contributed by atoms with van der Waals surface area (Å²) in [5.74, 6) is 1.30. The molecule has 0 saturated heterocycles. The molecule has 0 unspecified atom stereocenters. The molecule has 0 radical (unpaired) electrons. The molecule has 2 aromatic carbocycles. The Bertz CT molecular complexity index is 1080. The lowest BCUT2D eigenvalue weighted by Crippen LogP contribution is -2.15. The second-order valence-corrected chi connectivity index (χ2v) is 7.09. The molecule has 0 saturated carbocycles. The van der Waals surface area contributed by atoms with Crippen molar-refractivity contribution in [1.82, 2.24) is 14.8 Å². The fourth-order valence-corrected chi connectivity index (χ4v) is 3.71. The summed E-state index contributed by atoms with van der Waals surface area (Å²) in [6.07, 6.45) is 4.17. The van der Waals surface area contributed by atoms with E-state index in [4.69, 9.17) is 9.47 Å². The minimum absolute atomic E-state index is 0.0633. The van der Waals surface area contributed by atoms with Crippen molar-refractivity contribution < 1.29 is 18.7 Å². The fraction of sp³-hybridized carbons (Fsp3) is 0.318. The van der Waals surface area contributed by atoms with Gasteiger partial charge >= 0.3 is 0 Å². The first kappa shape index (κ1) is 19.9. The van der Waals surface area contributed by atoms with E-state index in [9.17, 15) is 9.18 Å². The Morgan fingerprint density at radius 2 is 1.97 bits per heavy atom. The first-order chi connectivity index (χ1) is 14.6. The van der Waals surface area contributed by atoms with Gasteiger partial charge in [-0.15, -0.1) is 10.2 Å². The van der Waals surface area contributed by atoms with Gasteiger partial charge in [-0.1, -0.05) is 12.5 Å². The SMILES string of the molecule is COc1cccc(C(=O)Nc2cc(-c3nnc4n3CCCCC4)ccc2F)c1OC. The number of hydrogen-bond acceptors (Lipinski definition) is 5. The molecule has 30 heavy (non-hydrogen) atoms. The monoisotopic (exact) mass is 410 g/mol. The number of ether oxygens (including phenoxy) is 2. The number of hydrogen-bond donors (Lipinski definition) is 1. The number of aryl methyl sites for hydroxylation is 1. The number of carbonyl (C=O) groups excluding carboxylic acids is 1. The lowest BCUT2D eigenvalue weighted by molar-refractivity contribution is 0.102. The zero-order chi connectivity index (χ0) is 21.1. The summed E-state index contributed by atoms with van der Waals surface area (Å²) < 4.78 is 27.1. The number of methoxy groups -OCH3 is 2. The maximum absolute atomic E-state index is 14.5. The zero-order valence-electron chi connectivity index (χ0n) is 16.9. The van der Waals surface area contributed by atoms with Crippen molar-refractivity contribution in [1.29, 1.82) is 0 Å². The average Bonchev–Trinajstić information content (AvgIpc) is 3.02. The van der Waals surface area contributed by atoms with Crippen LogP contribution >= 0.6 is 0 Å². The molecule has 1 aromatic heterocycles. The Morgan fingerprint density at radius 1 is 1.10 bits per heavy atom. The molecule has 3 aromatic rings. The number of nitrogens with one attached hydrogen (secondary N) is 1. The minimum atomic E-state index is -0.537. The Balaban J connectivity index is 1.66. The van der Waals surface area contributed by atoms with Gasteiger partial charge in [0.05, 0.1) is 25.5 Å². The van der Waals surface area contributed by atoms with Gasteiger partial charge in [-0.2, -0.15) is 0 Å². The summed E-state index contributed by atoms with van der Waals surface area (Å²) in [4.78, 5) is 12.8. The van der Waals surface area contributed by atoms with Gasteiger partial charge < -0.3 is 19.4 Å². The van der Waals surface area contributed by atoms with Crippen LogP contribution in [-0.2, 0) is 13.0 Å². The number of nitrogens with zero attached hydrogens (tertiary/aromatic N) is 3. The van der Waals surface area contributed by atoms with Gasteiger partial charge in [-0.05, 0) is 43.2 Å². The van der Waals surface area contributed by atoms with Gasteiger partial charge in [-0.3, -0.25) is 4.79 Å². The minimum Gasteiger partial charge on any atom is -0.493 e. The van der Waals surface area contributed by atoms with Gasteiger partial charge in [-0.25, -0.2) is 4.39 Å². The van der Waals surface area contributed by atoms with E-state index in [0.29, 0.717) is 17.1 Å². The molecule has 1 aliphatic rings. The molecular weight excluding hydrogens is 387 g/mol. The summed E-state index contributed by atoms with van der Waals surface area (Å²) in [6, 6.07) is 9.52. The summed E-state index contributed by atoms with van der Waals surface area (Å²) in [6.45, 7) is 0.831. The van der Waals surface area contributed by atoms with Crippen molar-refractivity contribution in [2.45, 2.75) is 32.2 Å². The number of halogens is 1. The molecule has 0 fully saturated rings.